The van der Waals surface area contributed by atoms with Crippen LogP contribution in [0.3, 0.4) is 0 Å². The second-order valence-electron chi connectivity index (χ2n) is 3.00. The lowest BCUT2D eigenvalue weighted by Crippen LogP contribution is -2.18. The lowest BCUT2D eigenvalue weighted by Gasteiger charge is -2.11. The lowest BCUT2D eigenvalue weighted by molar-refractivity contribution is 0.493. The van der Waals surface area contributed by atoms with Crippen LogP contribution in [0.1, 0.15) is 25.7 Å². The first-order valence-electron chi connectivity index (χ1n) is 3.69. The number of nitrogens with one attached hydrogen (secondary N) is 1. The molecule has 0 aliphatic rings. The van der Waals surface area contributed by atoms with Crippen molar-refractivity contribution in [3.05, 3.63) is 15.0 Å². The molecule has 1 heterocycles. The quantitative estimate of drug-likeness (QED) is 0.881. The van der Waals surface area contributed by atoms with Gasteiger partial charge in [0.15, 0.2) is 0 Å². The molecule has 0 fully saturated rings. The van der Waals surface area contributed by atoms with Gasteiger partial charge in [0.25, 0.3) is 0 Å². The van der Waals surface area contributed by atoms with E-state index >= 15 is 0 Å². The fourth-order valence-corrected chi connectivity index (χ4v) is 1.40. The monoisotopic (exact) mass is 295 g/mol. The third-order valence-corrected chi connectivity index (χ3v) is 3.35. The minimum absolute atomic E-state index is 0.0346. The molecule has 0 aliphatic carbocycles. The van der Waals surface area contributed by atoms with Gasteiger partial charge < -0.3 is 10.7 Å². The zero-order valence-electron chi connectivity index (χ0n) is 6.94. The Hall–Kier alpha value is 0.130. The first-order chi connectivity index (χ1) is 5.52. The Balaban J connectivity index is 2.89. The molecule has 0 spiro atoms. The summed E-state index contributed by atoms with van der Waals surface area (Å²) in [6.07, 6.45) is 0. The number of nitrogens with two attached hydrogens (primary N) is 1. The van der Waals surface area contributed by atoms with Gasteiger partial charge in [-0.05, 0) is 37.8 Å². The van der Waals surface area contributed by atoms with Gasteiger partial charge in [-0.1, -0.05) is 13.8 Å². The van der Waals surface area contributed by atoms with Crippen molar-refractivity contribution in [2.45, 2.75) is 19.9 Å². The molecule has 0 amide bonds. The maximum absolute atomic E-state index is 5.88. The summed E-state index contributed by atoms with van der Waals surface area (Å²) in [6.45, 7) is 4.13. The number of halogens is 2. The molecule has 1 aromatic heterocycles. The fourth-order valence-electron chi connectivity index (χ4n) is 0.820. The Labute approximate surface area is 88.4 Å². The first kappa shape index (κ1) is 10.2. The van der Waals surface area contributed by atoms with E-state index in [4.69, 9.17) is 5.73 Å². The van der Waals surface area contributed by atoms with Gasteiger partial charge in [-0.15, -0.1) is 0 Å². The van der Waals surface area contributed by atoms with Gasteiger partial charge >= 0.3 is 0 Å². The fraction of sp³-hybridized carbons (Fsp3) is 0.571. The van der Waals surface area contributed by atoms with Gasteiger partial charge in [-0.3, -0.25) is 0 Å². The molecule has 0 radical (unpaired) electrons. The molecule has 3 nitrogen and oxygen atoms in total. The van der Waals surface area contributed by atoms with Gasteiger partial charge in [0.05, 0.1) is 6.04 Å². The zero-order chi connectivity index (χ0) is 9.30. The van der Waals surface area contributed by atoms with Crippen LogP contribution < -0.4 is 5.73 Å². The molecule has 0 aliphatic heterocycles. The summed E-state index contributed by atoms with van der Waals surface area (Å²) in [4.78, 5) is 7.28. The lowest BCUT2D eigenvalue weighted by atomic mass is 10.1. The summed E-state index contributed by atoms with van der Waals surface area (Å²) in [5, 5.41) is 0. The van der Waals surface area contributed by atoms with Crippen LogP contribution in [0.25, 0.3) is 0 Å². The molecule has 68 valence electrons. The van der Waals surface area contributed by atoms with Crippen molar-refractivity contribution in [2.75, 3.05) is 0 Å². The number of imidazole rings is 1. The van der Waals surface area contributed by atoms with Crippen LogP contribution in [0.2, 0.25) is 0 Å². The van der Waals surface area contributed by atoms with E-state index < -0.39 is 0 Å². The number of H-pyrrole nitrogens is 1. The molecule has 5 heteroatoms. The number of aromatic nitrogens is 2. The zero-order valence-corrected chi connectivity index (χ0v) is 10.1. The largest absolute Gasteiger partial charge is 0.334 e. The van der Waals surface area contributed by atoms with E-state index in [0.29, 0.717) is 5.92 Å². The molecule has 1 atom stereocenters. The Morgan fingerprint density at radius 2 is 2.00 bits per heavy atom. The molecule has 0 saturated heterocycles. The van der Waals surface area contributed by atoms with E-state index in [1.165, 1.54) is 0 Å². The van der Waals surface area contributed by atoms with E-state index in [-0.39, 0.29) is 6.04 Å². The van der Waals surface area contributed by atoms with Gasteiger partial charge in [0, 0.05) is 0 Å². The molecule has 0 aromatic carbocycles. The second kappa shape index (κ2) is 3.89. The van der Waals surface area contributed by atoms with Crippen molar-refractivity contribution in [3.8, 4) is 0 Å². The second-order valence-corrected chi connectivity index (χ2v) is 4.54. The smallest absolute Gasteiger partial charge is 0.138 e. The summed E-state index contributed by atoms with van der Waals surface area (Å²) >= 11 is 6.60. The van der Waals surface area contributed by atoms with Crippen molar-refractivity contribution in [2.24, 2.45) is 11.7 Å². The molecular formula is C7H11Br2N3. The minimum atomic E-state index is -0.0346. The third-order valence-electron chi connectivity index (χ3n) is 1.67. The van der Waals surface area contributed by atoms with Gasteiger partial charge in [-0.2, -0.15) is 0 Å². The number of hydrogen-bond donors (Lipinski definition) is 2. The first-order valence-corrected chi connectivity index (χ1v) is 5.27. The Bertz CT molecular complexity index is 250. The average molecular weight is 297 g/mol. The van der Waals surface area contributed by atoms with Crippen LogP contribution >= 0.6 is 31.9 Å². The number of hydrogen-bond acceptors (Lipinski definition) is 2. The Morgan fingerprint density at radius 1 is 1.42 bits per heavy atom. The average Bonchev–Trinajstić information content (AvgIpc) is 2.30. The summed E-state index contributed by atoms with van der Waals surface area (Å²) in [5.74, 6) is 1.19. The molecule has 3 N–H and O–H groups in total. The van der Waals surface area contributed by atoms with Crippen molar-refractivity contribution in [1.82, 2.24) is 9.97 Å². The molecular weight excluding hydrogens is 286 g/mol. The molecule has 0 unspecified atom stereocenters. The normalized spacial score (nSPS) is 13.8. The van der Waals surface area contributed by atoms with Crippen LogP contribution in [-0.2, 0) is 0 Å². The van der Waals surface area contributed by atoms with Crippen molar-refractivity contribution in [3.63, 3.8) is 0 Å². The van der Waals surface area contributed by atoms with E-state index in [1.54, 1.807) is 0 Å². The summed E-state index contributed by atoms with van der Waals surface area (Å²) in [7, 11) is 0. The Kier molecular flexibility index (Phi) is 3.31. The summed E-state index contributed by atoms with van der Waals surface area (Å²) < 4.78 is 1.61. The third kappa shape index (κ3) is 2.08. The van der Waals surface area contributed by atoms with E-state index in [2.05, 4.69) is 55.7 Å². The van der Waals surface area contributed by atoms with Crippen molar-refractivity contribution < 1.29 is 0 Å². The molecule has 1 aromatic rings. The molecule has 0 bridgehead atoms. The highest BCUT2D eigenvalue weighted by Gasteiger charge is 2.15. The SMILES string of the molecule is CC(C)[C@H](N)c1nc(Br)c(Br)[nH]1. The van der Waals surface area contributed by atoms with E-state index in [1.807, 2.05) is 0 Å². The van der Waals surface area contributed by atoms with Crippen molar-refractivity contribution in [1.29, 1.82) is 0 Å². The molecule has 0 saturated carbocycles. The topological polar surface area (TPSA) is 54.7 Å². The number of rotatable bonds is 2. The maximum Gasteiger partial charge on any atom is 0.138 e. The summed E-state index contributed by atoms with van der Waals surface area (Å²) in [6, 6.07) is -0.0346. The highest BCUT2D eigenvalue weighted by atomic mass is 79.9. The van der Waals surface area contributed by atoms with Crippen LogP contribution in [0.5, 0.6) is 0 Å². The van der Waals surface area contributed by atoms with Gasteiger partial charge in [0.2, 0.25) is 0 Å². The van der Waals surface area contributed by atoms with Gasteiger partial charge in [-0.25, -0.2) is 4.98 Å². The van der Waals surface area contributed by atoms with Crippen molar-refractivity contribution >= 4 is 31.9 Å². The highest BCUT2D eigenvalue weighted by molar-refractivity contribution is 9.13. The summed E-state index contributed by atoms with van der Waals surface area (Å²) in [5.41, 5.74) is 5.88. The van der Waals surface area contributed by atoms with Crippen LogP contribution in [0.4, 0.5) is 0 Å². The highest BCUT2D eigenvalue weighted by Crippen LogP contribution is 2.24. The predicted octanol–water partition coefficient (Wildman–Crippen LogP) is 2.59. The van der Waals surface area contributed by atoms with E-state index in [0.717, 1.165) is 15.0 Å². The number of nitrogens with zero attached hydrogens (tertiary/aromatic N) is 1. The number of aromatic amines is 1. The van der Waals surface area contributed by atoms with Crippen LogP contribution in [-0.4, -0.2) is 9.97 Å². The molecule has 12 heavy (non-hydrogen) atoms. The van der Waals surface area contributed by atoms with Gasteiger partial charge in [0.1, 0.15) is 15.0 Å². The maximum atomic E-state index is 5.88. The standard InChI is InChI=1S/C7H11Br2N3/c1-3(2)4(10)7-11-5(8)6(9)12-7/h3-4H,10H2,1-2H3,(H,11,12)/t4-/m0/s1. The molecule has 1 rings (SSSR count). The van der Waals surface area contributed by atoms with Crippen LogP contribution in [0, 0.1) is 5.92 Å². The Morgan fingerprint density at radius 3 is 2.33 bits per heavy atom. The predicted molar refractivity (Wildman–Crippen MR) is 55.8 cm³/mol. The van der Waals surface area contributed by atoms with E-state index in [9.17, 15) is 0 Å². The van der Waals surface area contributed by atoms with Crippen LogP contribution in [0.15, 0.2) is 9.21 Å². The minimum Gasteiger partial charge on any atom is -0.334 e.